The molecule has 4 heteroatoms. The van der Waals surface area contributed by atoms with Gasteiger partial charge in [-0.25, -0.2) is 0 Å². The Morgan fingerprint density at radius 2 is 1.74 bits per heavy atom. The lowest BCUT2D eigenvalue weighted by Crippen LogP contribution is -1.89. The average Bonchev–Trinajstić information content (AvgIpc) is 2.93. The summed E-state index contributed by atoms with van der Waals surface area (Å²) in [5.41, 5.74) is 2.43. The minimum atomic E-state index is 0.454. The zero-order valence-electron chi connectivity index (χ0n) is 10.7. The molecule has 3 nitrogen and oxygen atoms in total. The number of carbonyl (C=O) groups excluding carboxylic acids is 1. The predicted octanol–water partition coefficient (Wildman–Crippen LogP) is 4.58. The summed E-state index contributed by atoms with van der Waals surface area (Å²) in [4.78, 5) is 10.6. The highest BCUT2D eigenvalue weighted by molar-refractivity contribution is 6.40. The van der Waals surface area contributed by atoms with Crippen LogP contribution >= 0.6 is 11.6 Å². The number of rotatable bonds is 3. The summed E-state index contributed by atoms with van der Waals surface area (Å²) in [6, 6.07) is 3.85. The molecule has 3 rings (SSSR count). The molecule has 2 aromatic heterocycles. The second-order valence-corrected chi connectivity index (χ2v) is 5.08. The third kappa shape index (κ3) is 1.85. The lowest BCUT2D eigenvalue weighted by atomic mass is 10.0. The molecule has 0 radical (unpaired) electrons. The lowest BCUT2D eigenvalue weighted by molar-refractivity contribution is -0.107. The molecule has 19 heavy (non-hydrogen) atoms. The van der Waals surface area contributed by atoms with Gasteiger partial charge in [-0.15, -0.1) is 0 Å². The van der Waals surface area contributed by atoms with E-state index in [1.807, 2.05) is 26.0 Å². The van der Waals surface area contributed by atoms with Gasteiger partial charge in [0.15, 0.2) is 5.58 Å². The molecule has 1 aromatic carbocycles. The molecule has 0 saturated heterocycles. The maximum atomic E-state index is 10.6. The Morgan fingerprint density at radius 1 is 1.11 bits per heavy atom. The van der Waals surface area contributed by atoms with E-state index in [1.54, 1.807) is 0 Å². The van der Waals surface area contributed by atoms with E-state index < -0.39 is 0 Å². The van der Waals surface area contributed by atoms with Crippen LogP contribution in [0.5, 0.6) is 0 Å². The summed E-state index contributed by atoms with van der Waals surface area (Å²) in [6.45, 7) is 3.76. The Balaban J connectivity index is 2.43. The maximum absolute atomic E-state index is 10.6. The molecule has 0 saturated carbocycles. The van der Waals surface area contributed by atoms with E-state index in [-0.39, 0.29) is 0 Å². The number of furan rings is 2. The third-order valence-electron chi connectivity index (χ3n) is 3.26. The third-order valence-corrected chi connectivity index (χ3v) is 3.63. The molecule has 2 heterocycles. The molecule has 0 fully saturated rings. The second-order valence-electron chi connectivity index (χ2n) is 4.70. The molecule has 98 valence electrons. The van der Waals surface area contributed by atoms with Crippen molar-refractivity contribution in [2.75, 3.05) is 0 Å². The average molecular weight is 277 g/mol. The summed E-state index contributed by atoms with van der Waals surface area (Å²) in [7, 11) is 0. The van der Waals surface area contributed by atoms with Crippen molar-refractivity contribution in [2.45, 2.75) is 26.7 Å². The highest BCUT2D eigenvalue weighted by Crippen LogP contribution is 2.39. The molecule has 0 aliphatic carbocycles. The van der Waals surface area contributed by atoms with Crippen molar-refractivity contribution in [2.24, 2.45) is 0 Å². The van der Waals surface area contributed by atoms with Crippen LogP contribution in [-0.4, -0.2) is 6.29 Å². The first kappa shape index (κ1) is 12.3. The number of fused-ring (bicyclic) bond motifs is 2. The fraction of sp³-hybridized carbons (Fsp3) is 0.267. The van der Waals surface area contributed by atoms with E-state index in [0.29, 0.717) is 23.4 Å². The largest absolute Gasteiger partial charge is 0.461 e. The van der Waals surface area contributed by atoms with E-state index in [0.717, 1.165) is 39.7 Å². The van der Waals surface area contributed by atoms with Crippen molar-refractivity contribution in [1.82, 2.24) is 0 Å². The molecule has 0 N–H and O–H groups in total. The zero-order chi connectivity index (χ0) is 13.6. The molecule has 0 spiro atoms. The molecule has 0 aliphatic heterocycles. The fourth-order valence-electron chi connectivity index (χ4n) is 2.50. The molecule has 0 amide bonds. The fourth-order valence-corrected chi connectivity index (χ4v) is 2.78. The van der Waals surface area contributed by atoms with Gasteiger partial charge in [0.2, 0.25) is 0 Å². The van der Waals surface area contributed by atoms with Crippen molar-refractivity contribution in [3.63, 3.8) is 0 Å². The van der Waals surface area contributed by atoms with Crippen LogP contribution in [0.25, 0.3) is 21.9 Å². The van der Waals surface area contributed by atoms with Crippen LogP contribution in [0.15, 0.2) is 21.0 Å². The molecular weight excluding hydrogens is 264 g/mol. The van der Waals surface area contributed by atoms with Crippen LogP contribution in [0.1, 0.15) is 23.5 Å². The number of carbonyl (C=O) groups is 1. The van der Waals surface area contributed by atoms with E-state index in [9.17, 15) is 4.79 Å². The van der Waals surface area contributed by atoms with Gasteiger partial charge >= 0.3 is 0 Å². The topological polar surface area (TPSA) is 43.4 Å². The van der Waals surface area contributed by atoms with Crippen molar-refractivity contribution in [3.05, 3.63) is 34.2 Å². The quantitative estimate of drug-likeness (QED) is 0.658. The summed E-state index contributed by atoms with van der Waals surface area (Å²) in [6.07, 6.45) is 1.99. The number of halogens is 1. The van der Waals surface area contributed by atoms with Gasteiger partial charge in [-0.3, -0.25) is 0 Å². The first-order valence-corrected chi connectivity index (χ1v) is 6.54. The molecule has 0 aliphatic rings. The number of hydrogen-bond donors (Lipinski definition) is 0. The van der Waals surface area contributed by atoms with Crippen molar-refractivity contribution < 1.29 is 13.6 Å². The van der Waals surface area contributed by atoms with Crippen LogP contribution in [-0.2, 0) is 11.2 Å². The Hall–Kier alpha value is -1.74. The van der Waals surface area contributed by atoms with Gasteiger partial charge in [-0.1, -0.05) is 11.6 Å². The summed E-state index contributed by atoms with van der Waals surface area (Å²) < 4.78 is 11.4. The highest BCUT2D eigenvalue weighted by Gasteiger charge is 2.19. The van der Waals surface area contributed by atoms with Gasteiger partial charge in [0.05, 0.1) is 5.02 Å². The predicted molar refractivity (Wildman–Crippen MR) is 74.9 cm³/mol. The minimum Gasteiger partial charge on any atom is -0.461 e. The van der Waals surface area contributed by atoms with Crippen LogP contribution in [0.2, 0.25) is 5.02 Å². The van der Waals surface area contributed by atoms with E-state index in [4.69, 9.17) is 20.4 Å². The number of aldehydes is 1. The van der Waals surface area contributed by atoms with Crippen molar-refractivity contribution in [1.29, 1.82) is 0 Å². The Bertz CT molecular complexity index is 722. The monoisotopic (exact) mass is 276 g/mol. The number of aryl methyl sites for hydroxylation is 3. The summed E-state index contributed by atoms with van der Waals surface area (Å²) in [5, 5.41) is 2.36. The molecule has 0 atom stereocenters. The van der Waals surface area contributed by atoms with Gasteiger partial charge in [-0.2, -0.15) is 0 Å². The van der Waals surface area contributed by atoms with Crippen molar-refractivity contribution in [3.8, 4) is 0 Å². The standard InChI is InChI=1S/C15H13ClO3/c1-8-6-11-10(4-3-5-17)14-12(7-9(2)18-14)13(16)15(11)19-8/h5-7H,3-4H2,1-2H3. The first-order chi connectivity index (χ1) is 9.11. The van der Waals surface area contributed by atoms with E-state index >= 15 is 0 Å². The summed E-state index contributed by atoms with van der Waals surface area (Å²) >= 11 is 6.38. The maximum Gasteiger partial charge on any atom is 0.154 e. The molecule has 0 bridgehead atoms. The van der Waals surface area contributed by atoms with Gasteiger partial charge in [0.1, 0.15) is 23.4 Å². The van der Waals surface area contributed by atoms with Gasteiger partial charge < -0.3 is 13.6 Å². The lowest BCUT2D eigenvalue weighted by Gasteiger charge is -2.04. The number of hydrogen-bond acceptors (Lipinski definition) is 3. The molecule has 0 unspecified atom stereocenters. The highest BCUT2D eigenvalue weighted by atomic mass is 35.5. The molecular formula is C15H13ClO3. The summed E-state index contributed by atoms with van der Waals surface area (Å²) in [5.74, 6) is 1.60. The van der Waals surface area contributed by atoms with Crippen molar-refractivity contribution >= 4 is 39.8 Å². The zero-order valence-corrected chi connectivity index (χ0v) is 11.5. The van der Waals surface area contributed by atoms with Gasteiger partial charge in [0.25, 0.3) is 0 Å². The second kappa shape index (κ2) is 4.42. The van der Waals surface area contributed by atoms with Crippen LogP contribution < -0.4 is 0 Å². The normalized spacial score (nSPS) is 11.5. The first-order valence-electron chi connectivity index (χ1n) is 6.16. The van der Waals surface area contributed by atoms with Gasteiger partial charge in [-0.05, 0) is 32.4 Å². The van der Waals surface area contributed by atoms with Crippen LogP contribution in [0.4, 0.5) is 0 Å². The number of benzene rings is 1. The minimum absolute atomic E-state index is 0.454. The van der Waals surface area contributed by atoms with E-state index in [2.05, 4.69) is 0 Å². The van der Waals surface area contributed by atoms with E-state index in [1.165, 1.54) is 0 Å². The van der Waals surface area contributed by atoms with Crippen LogP contribution in [0.3, 0.4) is 0 Å². The Morgan fingerprint density at radius 3 is 2.42 bits per heavy atom. The Kier molecular flexibility index (Phi) is 2.86. The smallest absolute Gasteiger partial charge is 0.154 e. The van der Waals surface area contributed by atoms with Gasteiger partial charge in [0, 0.05) is 22.8 Å². The SMILES string of the molecule is Cc1cc2c(CCC=O)c3oc(C)cc3c(Cl)c2o1. The van der Waals surface area contributed by atoms with Crippen LogP contribution in [0, 0.1) is 13.8 Å². The molecule has 3 aromatic rings. The Labute approximate surface area is 115 Å².